The van der Waals surface area contributed by atoms with Gasteiger partial charge in [-0.1, -0.05) is 17.7 Å². The molecule has 8 nitrogen and oxygen atoms in total. The highest BCUT2D eigenvalue weighted by Gasteiger charge is 2.27. The summed E-state index contributed by atoms with van der Waals surface area (Å²) in [6, 6.07) is 11.4. The van der Waals surface area contributed by atoms with Crippen molar-refractivity contribution < 1.29 is 19.0 Å². The Morgan fingerprint density at radius 1 is 1.15 bits per heavy atom. The van der Waals surface area contributed by atoms with E-state index in [2.05, 4.69) is 20.9 Å². The van der Waals surface area contributed by atoms with E-state index in [9.17, 15) is 4.79 Å². The molecule has 2 aromatic carbocycles. The topological polar surface area (TPSA) is 93.2 Å². The first-order valence-electron chi connectivity index (χ1n) is 11.8. The van der Waals surface area contributed by atoms with Crippen LogP contribution in [0.2, 0.25) is 5.02 Å². The second-order valence-corrected chi connectivity index (χ2v) is 9.02. The molecular weight excluding hydrogens is 456 g/mol. The number of carbonyl (C=O) groups is 1. The molecule has 2 saturated heterocycles. The van der Waals surface area contributed by atoms with Crippen molar-refractivity contribution in [2.24, 2.45) is 4.99 Å². The summed E-state index contributed by atoms with van der Waals surface area (Å²) in [6.45, 7) is 3.91. The summed E-state index contributed by atoms with van der Waals surface area (Å²) in [4.78, 5) is 16.8. The fourth-order valence-corrected chi connectivity index (χ4v) is 4.31. The van der Waals surface area contributed by atoms with E-state index in [1.807, 2.05) is 30.3 Å². The van der Waals surface area contributed by atoms with Gasteiger partial charge in [-0.15, -0.1) is 0 Å². The van der Waals surface area contributed by atoms with Gasteiger partial charge < -0.3 is 30.2 Å². The maximum atomic E-state index is 12.6. The van der Waals surface area contributed by atoms with Crippen LogP contribution in [0.5, 0.6) is 5.75 Å². The maximum Gasteiger partial charge on any atom is 0.280 e. The van der Waals surface area contributed by atoms with E-state index in [0.717, 1.165) is 49.3 Å². The average Bonchev–Trinajstić information content (AvgIpc) is 3.58. The van der Waals surface area contributed by atoms with E-state index in [0.29, 0.717) is 54.6 Å². The summed E-state index contributed by atoms with van der Waals surface area (Å²) < 4.78 is 17.0. The number of halogens is 1. The van der Waals surface area contributed by atoms with Crippen LogP contribution in [0, 0.1) is 0 Å². The fraction of sp³-hybridized carbons (Fsp3) is 0.440. The van der Waals surface area contributed by atoms with Gasteiger partial charge in [-0.3, -0.25) is 4.79 Å². The number of hydrogen-bond donors (Lipinski definition) is 3. The highest BCUT2D eigenvalue weighted by atomic mass is 35.5. The number of ether oxygens (including phenoxy) is 3. The number of aliphatic imine (C=N–C) groups is 1. The van der Waals surface area contributed by atoms with Gasteiger partial charge in [0.15, 0.2) is 5.96 Å². The van der Waals surface area contributed by atoms with Gasteiger partial charge in [0, 0.05) is 30.8 Å². The average molecular weight is 485 g/mol. The molecule has 9 heteroatoms. The number of carbonyl (C=O) groups excluding carboxylic acids is 1. The van der Waals surface area contributed by atoms with Crippen LogP contribution in [-0.2, 0) is 9.47 Å². The zero-order valence-corrected chi connectivity index (χ0v) is 19.7. The third kappa shape index (κ3) is 5.63. The molecule has 0 radical (unpaired) electrons. The van der Waals surface area contributed by atoms with Gasteiger partial charge in [0.05, 0.1) is 38.2 Å². The van der Waals surface area contributed by atoms with Crippen LogP contribution in [0.3, 0.4) is 0 Å². The van der Waals surface area contributed by atoms with Crippen molar-refractivity contribution in [1.82, 2.24) is 10.6 Å². The number of anilines is 2. The minimum absolute atomic E-state index is 0.0570. The minimum atomic E-state index is -0.258. The Morgan fingerprint density at radius 3 is 2.76 bits per heavy atom. The molecule has 180 valence electrons. The molecule has 34 heavy (non-hydrogen) atoms. The molecule has 2 aliphatic heterocycles. The molecule has 0 bridgehead atoms. The number of nitrogens with one attached hydrogen (secondary N) is 3. The number of hydrogen-bond acceptors (Lipinski definition) is 5. The van der Waals surface area contributed by atoms with Crippen LogP contribution < -0.4 is 20.7 Å². The van der Waals surface area contributed by atoms with Crippen molar-refractivity contribution in [3.8, 4) is 5.75 Å². The third-order valence-electron chi connectivity index (χ3n) is 6.05. The molecule has 3 fully saturated rings. The normalized spacial score (nSPS) is 19.8. The molecule has 0 spiro atoms. The summed E-state index contributed by atoms with van der Waals surface area (Å²) >= 11 is 6.68. The van der Waals surface area contributed by atoms with Gasteiger partial charge >= 0.3 is 0 Å². The Kier molecular flexibility index (Phi) is 7.18. The highest BCUT2D eigenvalue weighted by Crippen LogP contribution is 2.45. The van der Waals surface area contributed by atoms with Gasteiger partial charge in [0.2, 0.25) is 0 Å². The number of rotatable bonds is 8. The van der Waals surface area contributed by atoms with E-state index < -0.39 is 0 Å². The Hall–Kier alpha value is -2.81. The summed E-state index contributed by atoms with van der Waals surface area (Å²) in [6.07, 6.45) is 3.01. The molecule has 3 N–H and O–H groups in total. The monoisotopic (exact) mass is 484 g/mol. The molecule has 0 aromatic heterocycles. The van der Waals surface area contributed by atoms with Crippen molar-refractivity contribution in [2.45, 2.75) is 31.3 Å². The van der Waals surface area contributed by atoms with Crippen LogP contribution in [0.1, 0.15) is 41.1 Å². The molecule has 5 rings (SSSR count). The molecule has 1 atom stereocenters. The standard InChI is InChI=1S/C25H29ClN4O4/c26-23-21(2-1-3-22(23)34-11-8-18-15-32-12-13-33-18)29-20-7-6-17(14-19(20)16-4-5-16)24(31)30-25-27-9-10-28-25/h1-3,6-7,14,16,18,29H,4-5,8-13,15H2,(H2,27,28,30,31). The van der Waals surface area contributed by atoms with E-state index in [4.69, 9.17) is 25.8 Å². The second-order valence-electron chi connectivity index (χ2n) is 8.64. The highest BCUT2D eigenvalue weighted by molar-refractivity contribution is 6.34. The first-order valence-corrected chi connectivity index (χ1v) is 12.2. The van der Waals surface area contributed by atoms with Gasteiger partial charge in [-0.05, 0) is 54.7 Å². The lowest BCUT2D eigenvalue weighted by molar-refractivity contribution is -0.0935. The van der Waals surface area contributed by atoms with Gasteiger partial charge in [-0.25, -0.2) is 0 Å². The molecule has 1 aliphatic carbocycles. The van der Waals surface area contributed by atoms with Crippen LogP contribution in [0.15, 0.2) is 41.4 Å². The molecule has 1 unspecified atom stereocenters. The molecule has 3 aliphatic rings. The first kappa shape index (κ1) is 23.0. The molecule has 2 heterocycles. The molecule has 1 saturated carbocycles. The molecular formula is C25H29ClN4O4. The lowest BCUT2D eigenvalue weighted by atomic mass is 10.0. The summed E-state index contributed by atoms with van der Waals surface area (Å²) in [5.41, 5.74) is 3.38. The van der Waals surface area contributed by atoms with Crippen molar-refractivity contribution in [1.29, 1.82) is 0 Å². The molecule has 2 aromatic rings. The van der Waals surface area contributed by atoms with Crippen molar-refractivity contribution in [2.75, 3.05) is 44.8 Å². The SMILES string of the molecule is O=C(N=C1NCCN1)c1ccc(Nc2cccc(OCCC3COCCO3)c2Cl)c(C2CC2)c1. The Balaban J connectivity index is 1.28. The number of amides is 1. The number of guanidine groups is 1. The lowest BCUT2D eigenvalue weighted by Gasteiger charge is -2.23. The summed E-state index contributed by atoms with van der Waals surface area (Å²) in [7, 11) is 0. The van der Waals surface area contributed by atoms with Crippen LogP contribution in [0.25, 0.3) is 0 Å². The maximum absolute atomic E-state index is 12.6. The van der Waals surface area contributed by atoms with Crippen LogP contribution in [0.4, 0.5) is 11.4 Å². The number of benzene rings is 2. The van der Waals surface area contributed by atoms with Crippen molar-refractivity contribution >= 4 is 34.8 Å². The van der Waals surface area contributed by atoms with Crippen LogP contribution >= 0.6 is 11.6 Å². The van der Waals surface area contributed by atoms with Crippen LogP contribution in [-0.4, -0.2) is 57.5 Å². The molecule has 1 amide bonds. The minimum Gasteiger partial charge on any atom is -0.492 e. The van der Waals surface area contributed by atoms with E-state index in [1.54, 1.807) is 6.07 Å². The van der Waals surface area contributed by atoms with E-state index >= 15 is 0 Å². The largest absolute Gasteiger partial charge is 0.492 e. The smallest absolute Gasteiger partial charge is 0.280 e. The second kappa shape index (κ2) is 10.6. The fourth-order valence-electron chi connectivity index (χ4n) is 4.08. The predicted molar refractivity (Wildman–Crippen MR) is 132 cm³/mol. The predicted octanol–water partition coefficient (Wildman–Crippen LogP) is 3.83. The first-order chi connectivity index (χ1) is 16.7. The summed E-state index contributed by atoms with van der Waals surface area (Å²) in [5, 5.41) is 10.1. The van der Waals surface area contributed by atoms with E-state index in [1.165, 1.54) is 0 Å². The summed E-state index contributed by atoms with van der Waals surface area (Å²) in [5.74, 6) is 1.33. The van der Waals surface area contributed by atoms with Gasteiger partial charge in [-0.2, -0.15) is 4.99 Å². The number of nitrogens with zero attached hydrogens (tertiary/aromatic N) is 1. The Bertz CT molecular complexity index is 1060. The zero-order chi connectivity index (χ0) is 23.3. The van der Waals surface area contributed by atoms with E-state index in [-0.39, 0.29) is 12.0 Å². The Morgan fingerprint density at radius 2 is 2.00 bits per heavy atom. The van der Waals surface area contributed by atoms with Crippen molar-refractivity contribution in [3.63, 3.8) is 0 Å². The Labute approximate surface area is 204 Å². The third-order valence-corrected chi connectivity index (χ3v) is 6.44. The quantitative estimate of drug-likeness (QED) is 0.524. The van der Waals surface area contributed by atoms with Crippen molar-refractivity contribution in [3.05, 3.63) is 52.5 Å². The van der Waals surface area contributed by atoms with Gasteiger partial charge in [0.1, 0.15) is 10.8 Å². The lowest BCUT2D eigenvalue weighted by Crippen LogP contribution is -2.29. The van der Waals surface area contributed by atoms with Gasteiger partial charge in [0.25, 0.3) is 5.91 Å². The zero-order valence-electron chi connectivity index (χ0n) is 18.9.